The molecule has 2 rings (SSSR count). The fraction of sp³-hybridized carbons (Fsp3) is 0.222. The van der Waals surface area contributed by atoms with E-state index in [0.29, 0.717) is 10.0 Å². The summed E-state index contributed by atoms with van der Waals surface area (Å²) in [5.74, 6) is 0.441. The van der Waals surface area contributed by atoms with E-state index in [1.54, 1.807) is 23.7 Å². The Morgan fingerprint density at radius 1 is 1.56 bits per heavy atom. The Morgan fingerprint density at radius 3 is 3.00 bits per heavy atom. The first-order valence-electron chi connectivity index (χ1n) is 4.72. The molecule has 0 fully saturated rings. The lowest BCUT2D eigenvalue weighted by Crippen LogP contribution is -2.12. The van der Waals surface area contributed by atoms with Crippen molar-refractivity contribution in [1.82, 2.24) is 10.2 Å². The molecule has 0 aliphatic carbocycles. The number of sulfonamides is 1. The Labute approximate surface area is 97.6 Å². The van der Waals surface area contributed by atoms with Crippen LogP contribution in [0.1, 0.15) is 12.5 Å². The molecule has 5 nitrogen and oxygen atoms in total. The summed E-state index contributed by atoms with van der Waals surface area (Å²) in [5.41, 5.74) is 0.847. The number of hydrogen-bond donors (Lipinski definition) is 2. The highest BCUT2D eigenvalue weighted by molar-refractivity contribution is 7.94. The number of hydrogen-bond acceptors (Lipinski definition) is 4. The maximum atomic E-state index is 11.9. The summed E-state index contributed by atoms with van der Waals surface area (Å²) in [6.45, 7) is 1.94. The average molecular weight is 257 g/mol. The maximum absolute atomic E-state index is 11.9. The second-order valence-electron chi connectivity index (χ2n) is 3.16. The van der Waals surface area contributed by atoms with Crippen molar-refractivity contribution in [3.05, 3.63) is 29.3 Å². The van der Waals surface area contributed by atoms with E-state index in [0.717, 1.165) is 12.0 Å². The van der Waals surface area contributed by atoms with Gasteiger partial charge in [-0.05, 0) is 17.9 Å². The van der Waals surface area contributed by atoms with E-state index in [1.165, 1.54) is 11.3 Å². The molecule has 0 saturated carbocycles. The van der Waals surface area contributed by atoms with E-state index < -0.39 is 10.0 Å². The Bertz CT molecular complexity index is 557. The minimum atomic E-state index is -3.48. The van der Waals surface area contributed by atoms with Gasteiger partial charge in [0.2, 0.25) is 0 Å². The van der Waals surface area contributed by atoms with E-state index >= 15 is 0 Å². The molecular formula is C9H11N3O2S2. The van der Waals surface area contributed by atoms with Gasteiger partial charge in [-0.25, -0.2) is 8.42 Å². The minimum absolute atomic E-state index is 0.296. The molecule has 0 saturated heterocycles. The molecule has 2 aromatic rings. The summed E-state index contributed by atoms with van der Waals surface area (Å²) >= 11 is 1.18. The lowest BCUT2D eigenvalue weighted by atomic mass is 10.3. The van der Waals surface area contributed by atoms with Crippen LogP contribution in [-0.2, 0) is 16.4 Å². The van der Waals surface area contributed by atoms with Crippen molar-refractivity contribution in [1.29, 1.82) is 0 Å². The fourth-order valence-corrected chi connectivity index (χ4v) is 3.32. The van der Waals surface area contributed by atoms with Crippen molar-refractivity contribution in [2.45, 2.75) is 17.6 Å². The predicted octanol–water partition coefficient (Wildman–Crippen LogP) is 1.83. The predicted molar refractivity (Wildman–Crippen MR) is 63.1 cm³/mol. The van der Waals surface area contributed by atoms with Crippen LogP contribution < -0.4 is 4.72 Å². The average Bonchev–Trinajstić information content (AvgIpc) is 2.86. The quantitative estimate of drug-likeness (QED) is 0.877. The summed E-state index contributed by atoms with van der Waals surface area (Å²) in [5, 5.41) is 8.17. The molecule has 0 aromatic carbocycles. The molecule has 0 radical (unpaired) electrons. The van der Waals surface area contributed by atoms with Gasteiger partial charge in [0, 0.05) is 5.56 Å². The van der Waals surface area contributed by atoms with Gasteiger partial charge in [0.15, 0.2) is 0 Å². The number of rotatable bonds is 4. The van der Waals surface area contributed by atoms with Crippen molar-refractivity contribution < 1.29 is 8.42 Å². The molecule has 16 heavy (non-hydrogen) atoms. The number of nitrogens with one attached hydrogen (secondary N) is 2. The third-order valence-electron chi connectivity index (χ3n) is 2.10. The largest absolute Gasteiger partial charge is 0.272 e. The molecule has 2 heterocycles. The molecule has 2 aromatic heterocycles. The molecule has 2 N–H and O–H groups in total. The molecular weight excluding hydrogens is 246 g/mol. The van der Waals surface area contributed by atoms with Gasteiger partial charge >= 0.3 is 0 Å². The number of aryl methyl sites for hydroxylation is 1. The molecule has 0 amide bonds. The SMILES string of the molecule is CCc1cn[nH]c1NS(=O)(=O)c1cccs1. The van der Waals surface area contributed by atoms with E-state index in [9.17, 15) is 8.42 Å². The van der Waals surface area contributed by atoms with Crippen molar-refractivity contribution >= 4 is 27.2 Å². The van der Waals surface area contributed by atoms with Crippen LogP contribution >= 0.6 is 11.3 Å². The van der Waals surface area contributed by atoms with Gasteiger partial charge in [-0.2, -0.15) is 5.10 Å². The molecule has 0 spiro atoms. The monoisotopic (exact) mass is 257 g/mol. The second kappa shape index (κ2) is 4.26. The van der Waals surface area contributed by atoms with Gasteiger partial charge in [0.25, 0.3) is 10.0 Å². The highest BCUT2D eigenvalue weighted by Crippen LogP contribution is 2.21. The van der Waals surface area contributed by atoms with Crippen LogP contribution in [0.3, 0.4) is 0 Å². The first-order chi connectivity index (χ1) is 7.63. The molecule has 86 valence electrons. The van der Waals surface area contributed by atoms with Gasteiger partial charge < -0.3 is 0 Å². The lowest BCUT2D eigenvalue weighted by molar-refractivity contribution is 0.603. The van der Waals surface area contributed by atoms with Crippen LogP contribution in [0.2, 0.25) is 0 Å². The van der Waals surface area contributed by atoms with Crippen LogP contribution in [0.15, 0.2) is 27.9 Å². The van der Waals surface area contributed by atoms with Crippen LogP contribution in [0.4, 0.5) is 5.82 Å². The zero-order valence-corrected chi connectivity index (χ0v) is 10.2. The van der Waals surface area contributed by atoms with Gasteiger partial charge in [-0.1, -0.05) is 13.0 Å². The number of H-pyrrole nitrogens is 1. The van der Waals surface area contributed by atoms with E-state index in [-0.39, 0.29) is 0 Å². The second-order valence-corrected chi connectivity index (χ2v) is 6.02. The number of anilines is 1. The lowest BCUT2D eigenvalue weighted by Gasteiger charge is -2.04. The van der Waals surface area contributed by atoms with Crippen molar-refractivity contribution in [3.8, 4) is 0 Å². The smallest absolute Gasteiger partial charge is 0.263 e. The molecule has 0 aliphatic heterocycles. The summed E-state index contributed by atoms with van der Waals surface area (Å²) in [7, 11) is -3.48. The van der Waals surface area contributed by atoms with Crippen LogP contribution in [0.5, 0.6) is 0 Å². The number of thiophene rings is 1. The van der Waals surface area contributed by atoms with Crippen molar-refractivity contribution in [3.63, 3.8) is 0 Å². The van der Waals surface area contributed by atoms with E-state index in [1.807, 2.05) is 6.92 Å². The zero-order chi connectivity index (χ0) is 11.6. The van der Waals surface area contributed by atoms with Gasteiger partial charge in [0.05, 0.1) is 6.20 Å². The topological polar surface area (TPSA) is 74.8 Å². The molecule has 0 atom stereocenters. The molecule has 0 unspecified atom stereocenters. The Morgan fingerprint density at radius 2 is 2.38 bits per heavy atom. The standard InChI is InChI=1S/C9H11N3O2S2/c1-2-7-6-10-11-9(7)12-16(13,14)8-4-3-5-15-8/h3-6H,2H2,1H3,(H2,10,11,12). The Kier molecular flexibility index (Phi) is 2.97. The Hall–Kier alpha value is -1.34. The summed E-state index contributed by atoms with van der Waals surface area (Å²) in [6.07, 6.45) is 2.34. The van der Waals surface area contributed by atoms with Crippen LogP contribution in [-0.4, -0.2) is 18.6 Å². The van der Waals surface area contributed by atoms with Gasteiger partial charge in [-0.3, -0.25) is 9.82 Å². The zero-order valence-electron chi connectivity index (χ0n) is 8.60. The minimum Gasteiger partial charge on any atom is -0.263 e. The molecule has 0 bridgehead atoms. The van der Waals surface area contributed by atoms with Crippen LogP contribution in [0.25, 0.3) is 0 Å². The van der Waals surface area contributed by atoms with Crippen LogP contribution in [0, 0.1) is 0 Å². The number of nitrogens with zero attached hydrogens (tertiary/aromatic N) is 1. The maximum Gasteiger partial charge on any atom is 0.272 e. The summed E-state index contributed by atoms with van der Waals surface area (Å²) in [4.78, 5) is 0. The van der Waals surface area contributed by atoms with E-state index in [4.69, 9.17) is 0 Å². The van der Waals surface area contributed by atoms with E-state index in [2.05, 4.69) is 14.9 Å². The third kappa shape index (κ3) is 2.10. The van der Waals surface area contributed by atoms with Gasteiger partial charge in [0.1, 0.15) is 10.0 Å². The van der Waals surface area contributed by atoms with Gasteiger partial charge in [-0.15, -0.1) is 11.3 Å². The summed E-state index contributed by atoms with van der Waals surface area (Å²) in [6, 6.07) is 3.27. The first-order valence-corrected chi connectivity index (χ1v) is 7.08. The summed E-state index contributed by atoms with van der Waals surface area (Å²) < 4.78 is 26.5. The Balaban J connectivity index is 2.29. The first kappa shape index (κ1) is 11.2. The highest BCUT2D eigenvalue weighted by Gasteiger charge is 2.17. The molecule has 0 aliphatic rings. The normalized spacial score (nSPS) is 11.6. The molecule has 7 heteroatoms. The number of aromatic amines is 1. The fourth-order valence-electron chi connectivity index (χ4n) is 1.27. The van der Waals surface area contributed by atoms with Crippen molar-refractivity contribution in [2.24, 2.45) is 0 Å². The third-order valence-corrected chi connectivity index (χ3v) is 4.84. The highest BCUT2D eigenvalue weighted by atomic mass is 32.2. The van der Waals surface area contributed by atoms with Crippen molar-refractivity contribution in [2.75, 3.05) is 4.72 Å². The number of aromatic nitrogens is 2.